The van der Waals surface area contributed by atoms with E-state index in [1.807, 2.05) is 53.1 Å². The number of halogens is 1. The zero-order chi connectivity index (χ0) is 18.8. The molecule has 1 N–H and O–H groups in total. The number of anilines is 1. The Morgan fingerprint density at radius 3 is 2.85 bits per heavy atom. The first-order chi connectivity index (χ1) is 13.2. The molecule has 0 bridgehead atoms. The number of rotatable bonds is 5. The quantitative estimate of drug-likeness (QED) is 0.561. The number of amides is 1. The van der Waals surface area contributed by atoms with Gasteiger partial charge in [0, 0.05) is 18.0 Å². The number of hydrogen-bond donors (Lipinski definition) is 1. The van der Waals surface area contributed by atoms with Crippen LogP contribution in [-0.4, -0.2) is 25.8 Å². The van der Waals surface area contributed by atoms with Crippen molar-refractivity contribution >= 4 is 34.4 Å². The van der Waals surface area contributed by atoms with Crippen LogP contribution >= 0.6 is 11.6 Å². The first-order valence-corrected chi connectivity index (χ1v) is 8.86. The molecule has 0 radical (unpaired) electrons. The molecule has 4 aromatic rings. The fraction of sp³-hybridized carbons (Fsp3) is 0.158. The van der Waals surface area contributed by atoms with Crippen LogP contribution in [0.2, 0.25) is 5.02 Å². The highest BCUT2D eigenvalue weighted by atomic mass is 35.5. The van der Waals surface area contributed by atoms with E-state index in [0.717, 1.165) is 16.6 Å². The summed E-state index contributed by atoms with van der Waals surface area (Å²) in [5, 5.41) is 11.2. The predicted molar refractivity (Wildman–Crippen MR) is 102 cm³/mol. The third kappa shape index (κ3) is 3.41. The van der Waals surface area contributed by atoms with E-state index in [-0.39, 0.29) is 11.7 Å². The topological polar surface area (TPSA) is 85.8 Å². The van der Waals surface area contributed by atoms with Crippen LogP contribution in [0.15, 0.2) is 53.2 Å². The van der Waals surface area contributed by atoms with Crippen molar-refractivity contribution in [3.05, 3.63) is 59.1 Å². The molecule has 7 nitrogen and oxygen atoms in total. The number of nitrogens with one attached hydrogen (secondary N) is 1. The van der Waals surface area contributed by atoms with Gasteiger partial charge in [-0.05, 0) is 40.1 Å². The summed E-state index contributed by atoms with van der Waals surface area (Å²) in [5.41, 5.74) is 3.14. The van der Waals surface area contributed by atoms with Gasteiger partial charge in [0.05, 0.1) is 11.0 Å². The summed E-state index contributed by atoms with van der Waals surface area (Å²) in [7, 11) is 0. The fourth-order valence-electron chi connectivity index (χ4n) is 2.87. The summed E-state index contributed by atoms with van der Waals surface area (Å²) in [4.78, 5) is 16.5. The molecular formula is C19H16ClN5O2. The minimum atomic E-state index is -0.176. The Bertz CT molecular complexity index is 1120. The molecule has 0 spiro atoms. The van der Waals surface area contributed by atoms with Crippen LogP contribution in [0.25, 0.3) is 22.6 Å². The maximum absolute atomic E-state index is 11.8. The minimum absolute atomic E-state index is 0.176. The third-order valence-corrected chi connectivity index (χ3v) is 4.40. The van der Waals surface area contributed by atoms with Gasteiger partial charge in [0.2, 0.25) is 11.7 Å². The van der Waals surface area contributed by atoms with Crippen LogP contribution < -0.4 is 5.32 Å². The van der Waals surface area contributed by atoms with Crippen molar-refractivity contribution in [1.82, 2.24) is 19.9 Å². The molecule has 2 heterocycles. The zero-order valence-corrected chi connectivity index (χ0v) is 15.3. The average molecular weight is 382 g/mol. The lowest BCUT2D eigenvalue weighted by atomic mass is 10.2. The molecule has 27 heavy (non-hydrogen) atoms. The Kier molecular flexibility index (Phi) is 4.60. The van der Waals surface area contributed by atoms with Crippen molar-refractivity contribution < 1.29 is 9.42 Å². The Morgan fingerprint density at radius 1 is 1.19 bits per heavy atom. The molecule has 2 aromatic heterocycles. The Labute approximate surface area is 159 Å². The van der Waals surface area contributed by atoms with Crippen molar-refractivity contribution in [1.29, 1.82) is 0 Å². The van der Waals surface area contributed by atoms with Crippen molar-refractivity contribution in [2.24, 2.45) is 0 Å². The third-order valence-electron chi connectivity index (χ3n) is 4.16. The highest BCUT2D eigenvalue weighted by molar-refractivity contribution is 6.30. The largest absolute Gasteiger partial charge is 0.318 e. The van der Waals surface area contributed by atoms with Crippen LogP contribution in [0.1, 0.15) is 18.9 Å². The van der Waals surface area contributed by atoms with Crippen LogP contribution in [0, 0.1) is 0 Å². The normalized spacial score (nSPS) is 11.0. The zero-order valence-electron chi connectivity index (χ0n) is 14.5. The van der Waals surface area contributed by atoms with Gasteiger partial charge < -0.3 is 9.88 Å². The number of aromatic nitrogens is 4. The number of benzene rings is 2. The maximum Gasteiger partial charge on any atom is 0.225 e. The number of carbonyl (C=O) groups is 1. The number of para-hydroxylation sites is 2. The SMILES string of the molecule is CCC(=O)Nc1nonc1-c1nc2ccccc2n1Cc1cccc(Cl)c1. The number of hydrogen-bond acceptors (Lipinski definition) is 5. The van der Waals surface area contributed by atoms with Gasteiger partial charge in [-0.3, -0.25) is 4.79 Å². The van der Waals surface area contributed by atoms with Crippen molar-refractivity contribution in [3.8, 4) is 11.5 Å². The van der Waals surface area contributed by atoms with Gasteiger partial charge in [0.1, 0.15) is 0 Å². The molecule has 4 rings (SSSR count). The van der Waals surface area contributed by atoms with Gasteiger partial charge in [-0.15, -0.1) is 0 Å². The van der Waals surface area contributed by atoms with Gasteiger partial charge >= 0.3 is 0 Å². The second kappa shape index (κ2) is 7.20. The fourth-order valence-corrected chi connectivity index (χ4v) is 3.08. The summed E-state index contributed by atoms with van der Waals surface area (Å²) in [6.45, 7) is 2.29. The van der Waals surface area contributed by atoms with E-state index in [1.54, 1.807) is 6.92 Å². The molecular weight excluding hydrogens is 366 g/mol. The van der Waals surface area contributed by atoms with Gasteiger partial charge in [0.25, 0.3) is 0 Å². The van der Waals surface area contributed by atoms with Gasteiger partial charge in [-0.2, -0.15) is 0 Å². The van der Waals surface area contributed by atoms with E-state index >= 15 is 0 Å². The highest BCUT2D eigenvalue weighted by Gasteiger charge is 2.21. The molecule has 0 aliphatic heterocycles. The van der Waals surface area contributed by atoms with Crippen molar-refractivity contribution in [2.75, 3.05) is 5.32 Å². The Balaban J connectivity index is 1.84. The lowest BCUT2D eigenvalue weighted by molar-refractivity contribution is -0.115. The number of imidazole rings is 1. The first kappa shape index (κ1) is 17.2. The van der Waals surface area contributed by atoms with Gasteiger partial charge in [-0.1, -0.05) is 42.8 Å². The summed E-state index contributed by atoms with van der Waals surface area (Å²) in [6.07, 6.45) is 0.325. The van der Waals surface area contributed by atoms with Crippen molar-refractivity contribution in [2.45, 2.75) is 19.9 Å². The number of carbonyl (C=O) groups excluding carboxylic acids is 1. The van der Waals surface area contributed by atoms with E-state index in [4.69, 9.17) is 16.2 Å². The van der Waals surface area contributed by atoms with Crippen molar-refractivity contribution in [3.63, 3.8) is 0 Å². The molecule has 0 unspecified atom stereocenters. The second-order valence-electron chi connectivity index (χ2n) is 6.00. The molecule has 0 fully saturated rings. The number of fused-ring (bicyclic) bond motifs is 1. The summed E-state index contributed by atoms with van der Waals surface area (Å²) in [5.74, 6) is 0.637. The van der Waals surface area contributed by atoms with E-state index in [1.165, 1.54) is 0 Å². The first-order valence-electron chi connectivity index (χ1n) is 8.48. The molecule has 2 aromatic carbocycles. The van der Waals surface area contributed by atoms with Crippen LogP contribution in [0.3, 0.4) is 0 Å². The highest BCUT2D eigenvalue weighted by Crippen LogP contribution is 2.29. The van der Waals surface area contributed by atoms with E-state index < -0.39 is 0 Å². The monoisotopic (exact) mass is 381 g/mol. The van der Waals surface area contributed by atoms with Crippen LogP contribution in [0.4, 0.5) is 5.82 Å². The van der Waals surface area contributed by atoms with E-state index in [9.17, 15) is 4.79 Å². The molecule has 136 valence electrons. The summed E-state index contributed by atoms with van der Waals surface area (Å²) < 4.78 is 6.88. The molecule has 1 amide bonds. The van der Waals surface area contributed by atoms with Gasteiger partial charge in [-0.25, -0.2) is 9.61 Å². The second-order valence-corrected chi connectivity index (χ2v) is 6.44. The Hall–Kier alpha value is -3.19. The van der Waals surface area contributed by atoms with Gasteiger partial charge in [0.15, 0.2) is 11.5 Å². The van der Waals surface area contributed by atoms with Crippen LogP contribution in [-0.2, 0) is 11.3 Å². The minimum Gasteiger partial charge on any atom is -0.318 e. The standard InChI is InChI=1S/C19H16ClN5O2/c1-2-16(26)22-18-17(23-27-24-18)19-21-14-8-3-4-9-15(14)25(19)11-12-6-5-7-13(20)10-12/h3-10H,2,11H2,1H3,(H,22,24,26). The Morgan fingerprint density at radius 2 is 2.04 bits per heavy atom. The van der Waals surface area contributed by atoms with E-state index in [0.29, 0.717) is 29.5 Å². The average Bonchev–Trinajstić information content (AvgIpc) is 3.26. The maximum atomic E-state index is 11.8. The predicted octanol–water partition coefficient (Wildman–Crippen LogP) is 4.14. The molecule has 0 aliphatic carbocycles. The molecule has 8 heteroatoms. The molecule has 0 atom stereocenters. The summed E-state index contributed by atoms with van der Waals surface area (Å²) >= 11 is 6.13. The van der Waals surface area contributed by atoms with Crippen LogP contribution in [0.5, 0.6) is 0 Å². The van der Waals surface area contributed by atoms with E-state index in [2.05, 4.69) is 20.6 Å². The summed E-state index contributed by atoms with van der Waals surface area (Å²) in [6, 6.07) is 15.4. The molecule has 0 saturated carbocycles. The molecule has 0 saturated heterocycles. The molecule has 0 aliphatic rings. The smallest absolute Gasteiger partial charge is 0.225 e. The number of nitrogens with zero attached hydrogens (tertiary/aromatic N) is 4. The lowest BCUT2D eigenvalue weighted by Gasteiger charge is -2.09. The lowest BCUT2D eigenvalue weighted by Crippen LogP contribution is -2.11.